The van der Waals surface area contributed by atoms with E-state index in [-0.39, 0.29) is 5.41 Å². The normalized spacial score (nSPS) is 18.9. The molecule has 0 saturated heterocycles. The number of fused-ring (bicyclic) bond motifs is 8. The Hall–Kier alpha value is -6.44. The minimum atomic E-state index is 0.179. The van der Waals surface area contributed by atoms with Crippen LogP contribution >= 0.6 is 0 Å². The third-order valence-corrected chi connectivity index (χ3v) is 13.2. The van der Waals surface area contributed by atoms with Crippen LogP contribution < -0.4 is 4.90 Å². The maximum Gasteiger partial charge on any atom is 0.0540 e. The van der Waals surface area contributed by atoms with E-state index in [0.717, 1.165) is 28.9 Å². The first kappa shape index (κ1) is 32.9. The molecular formula is C55H43N. The maximum absolute atomic E-state index is 2.55. The molecule has 2 bridgehead atoms. The molecule has 268 valence electrons. The van der Waals surface area contributed by atoms with Gasteiger partial charge in [0.05, 0.1) is 5.69 Å². The van der Waals surface area contributed by atoms with Gasteiger partial charge >= 0.3 is 0 Å². The Bertz CT molecular complexity index is 2680. The van der Waals surface area contributed by atoms with Gasteiger partial charge in [-0.25, -0.2) is 0 Å². The van der Waals surface area contributed by atoms with Gasteiger partial charge in [0.25, 0.3) is 0 Å². The average molecular weight is 718 g/mol. The first-order valence-electron chi connectivity index (χ1n) is 20.3. The van der Waals surface area contributed by atoms with Gasteiger partial charge in [0.1, 0.15) is 0 Å². The van der Waals surface area contributed by atoms with Gasteiger partial charge in [-0.1, -0.05) is 170 Å². The summed E-state index contributed by atoms with van der Waals surface area (Å²) in [6.45, 7) is 0. The van der Waals surface area contributed by atoms with Crippen LogP contribution in [0.15, 0.2) is 200 Å². The van der Waals surface area contributed by atoms with E-state index in [1.807, 2.05) is 0 Å². The topological polar surface area (TPSA) is 3.24 Å². The average Bonchev–Trinajstić information content (AvgIpc) is 3.98. The van der Waals surface area contributed by atoms with Gasteiger partial charge in [0.15, 0.2) is 0 Å². The van der Waals surface area contributed by atoms with E-state index >= 15 is 0 Å². The Morgan fingerprint density at radius 2 is 0.857 bits per heavy atom. The Labute approximate surface area is 330 Å². The summed E-state index contributed by atoms with van der Waals surface area (Å²) in [6.07, 6.45) is 5.45. The minimum absolute atomic E-state index is 0.179. The van der Waals surface area contributed by atoms with Gasteiger partial charge in [-0.3, -0.25) is 0 Å². The van der Waals surface area contributed by atoms with E-state index in [9.17, 15) is 0 Å². The first-order valence-corrected chi connectivity index (χ1v) is 20.3. The van der Waals surface area contributed by atoms with Crippen LogP contribution in [0, 0.1) is 11.8 Å². The summed E-state index contributed by atoms with van der Waals surface area (Å²) in [4.78, 5) is 2.41. The van der Waals surface area contributed by atoms with Crippen LogP contribution in [-0.4, -0.2) is 0 Å². The largest absolute Gasteiger partial charge is 0.310 e. The molecule has 8 aromatic carbocycles. The van der Waals surface area contributed by atoms with Crippen LogP contribution in [0.3, 0.4) is 0 Å². The molecular weight excluding hydrogens is 675 g/mol. The highest BCUT2D eigenvalue weighted by molar-refractivity contribution is 5.90. The molecule has 3 unspecified atom stereocenters. The molecule has 11 rings (SSSR count). The number of hydrogen-bond donors (Lipinski definition) is 0. The lowest BCUT2D eigenvalue weighted by molar-refractivity contribution is 0.327. The van der Waals surface area contributed by atoms with Crippen molar-refractivity contribution in [2.45, 2.75) is 31.1 Å². The molecule has 1 spiro atoms. The predicted octanol–water partition coefficient (Wildman–Crippen LogP) is 14.9. The lowest BCUT2D eigenvalue weighted by Gasteiger charge is -2.36. The molecule has 3 aliphatic carbocycles. The molecule has 0 radical (unpaired) electrons. The highest BCUT2D eigenvalue weighted by Gasteiger charge is 2.56. The van der Waals surface area contributed by atoms with E-state index in [0.29, 0.717) is 0 Å². The van der Waals surface area contributed by atoms with Crippen molar-refractivity contribution in [3.8, 4) is 55.6 Å². The Morgan fingerprint density at radius 1 is 0.375 bits per heavy atom. The lowest BCUT2D eigenvalue weighted by Crippen LogP contribution is -2.31. The predicted molar refractivity (Wildman–Crippen MR) is 235 cm³/mol. The monoisotopic (exact) mass is 717 g/mol. The molecule has 2 fully saturated rings. The molecule has 0 amide bonds. The van der Waals surface area contributed by atoms with E-state index < -0.39 is 0 Å². The van der Waals surface area contributed by atoms with Crippen LogP contribution in [0.2, 0.25) is 0 Å². The van der Waals surface area contributed by atoms with Crippen LogP contribution in [0.5, 0.6) is 0 Å². The van der Waals surface area contributed by atoms with Crippen molar-refractivity contribution in [2.75, 3.05) is 4.90 Å². The standard InChI is InChI=1S/C55H43N/c1-3-11-39(12-4-1)40-20-22-41(23-21-40)42-24-30-47(31-25-42)56(54-18-10-8-15-49(54)44-13-5-2-6-14-44)48-32-26-43(27-33-48)45-28-34-51-50-16-7-9-17-52(50)55(53(51)36-45)37-38-19-29-46(55)35-38/h1-18,20-28,30-34,36,38,46H,19,29,35,37H2. The van der Waals surface area contributed by atoms with Crippen LogP contribution in [-0.2, 0) is 5.41 Å². The number of para-hydroxylation sites is 1. The number of hydrogen-bond acceptors (Lipinski definition) is 1. The summed E-state index contributed by atoms with van der Waals surface area (Å²) < 4.78 is 0. The van der Waals surface area contributed by atoms with Crippen molar-refractivity contribution >= 4 is 17.1 Å². The zero-order chi connectivity index (χ0) is 37.1. The molecule has 0 N–H and O–H groups in total. The summed E-state index contributed by atoms with van der Waals surface area (Å²) in [7, 11) is 0. The zero-order valence-electron chi connectivity index (χ0n) is 31.5. The van der Waals surface area contributed by atoms with Crippen LogP contribution in [0.1, 0.15) is 36.8 Å². The fourth-order valence-corrected chi connectivity index (χ4v) is 10.6. The second kappa shape index (κ2) is 13.4. The van der Waals surface area contributed by atoms with E-state index in [4.69, 9.17) is 0 Å². The number of benzene rings is 8. The van der Waals surface area contributed by atoms with Gasteiger partial charge < -0.3 is 4.90 Å². The molecule has 0 aliphatic heterocycles. The smallest absolute Gasteiger partial charge is 0.0540 e. The Balaban J connectivity index is 0.967. The molecule has 8 aromatic rings. The summed E-state index contributed by atoms with van der Waals surface area (Å²) in [5, 5.41) is 0. The fourth-order valence-electron chi connectivity index (χ4n) is 10.6. The van der Waals surface area contributed by atoms with Crippen molar-refractivity contribution in [1.82, 2.24) is 0 Å². The number of anilines is 3. The summed E-state index contributed by atoms with van der Waals surface area (Å²) in [6, 6.07) is 73.9. The molecule has 0 aromatic heterocycles. The second-order valence-electron chi connectivity index (χ2n) is 16.1. The molecule has 56 heavy (non-hydrogen) atoms. The lowest BCUT2D eigenvalue weighted by atomic mass is 9.66. The third-order valence-electron chi connectivity index (χ3n) is 13.2. The van der Waals surface area contributed by atoms with E-state index in [1.165, 1.54) is 81.3 Å². The second-order valence-corrected chi connectivity index (χ2v) is 16.1. The van der Waals surface area contributed by atoms with Crippen molar-refractivity contribution in [3.63, 3.8) is 0 Å². The molecule has 1 nitrogen and oxygen atoms in total. The van der Waals surface area contributed by atoms with Crippen molar-refractivity contribution in [2.24, 2.45) is 11.8 Å². The highest BCUT2D eigenvalue weighted by atomic mass is 15.1. The van der Waals surface area contributed by atoms with Crippen molar-refractivity contribution in [3.05, 3.63) is 211 Å². The van der Waals surface area contributed by atoms with Crippen molar-refractivity contribution < 1.29 is 0 Å². The van der Waals surface area contributed by atoms with E-state index in [1.54, 1.807) is 11.1 Å². The minimum Gasteiger partial charge on any atom is -0.310 e. The summed E-state index contributed by atoms with van der Waals surface area (Å²) in [5.74, 6) is 1.62. The molecule has 1 heteroatoms. The molecule has 0 heterocycles. The first-order chi connectivity index (χ1) is 27.7. The fraction of sp³-hybridized carbons (Fsp3) is 0.127. The van der Waals surface area contributed by atoms with E-state index in [2.05, 4.69) is 205 Å². The van der Waals surface area contributed by atoms with Crippen LogP contribution in [0.25, 0.3) is 55.6 Å². The number of nitrogens with zero attached hydrogens (tertiary/aromatic N) is 1. The maximum atomic E-state index is 2.55. The van der Waals surface area contributed by atoms with Crippen LogP contribution in [0.4, 0.5) is 17.1 Å². The van der Waals surface area contributed by atoms with Gasteiger partial charge in [-0.05, 0) is 129 Å². The van der Waals surface area contributed by atoms with Gasteiger partial charge in [0, 0.05) is 22.4 Å². The molecule has 2 saturated carbocycles. The Morgan fingerprint density at radius 3 is 1.46 bits per heavy atom. The van der Waals surface area contributed by atoms with Gasteiger partial charge in [-0.15, -0.1) is 0 Å². The Kier molecular flexibility index (Phi) is 7.88. The quantitative estimate of drug-likeness (QED) is 0.159. The summed E-state index contributed by atoms with van der Waals surface area (Å²) in [5.41, 5.74) is 19.5. The SMILES string of the molecule is c1ccc(-c2ccc(-c3ccc(N(c4ccc(-c5ccc6c(c5)C5(CC7CCC5C7)c5ccccc5-6)cc4)c4ccccc4-c4ccccc4)cc3)cc2)cc1. The molecule has 3 aliphatic rings. The summed E-state index contributed by atoms with van der Waals surface area (Å²) >= 11 is 0. The highest BCUT2D eigenvalue weighted by Crippen LogP contribution is 2.65. The zero-order valence-corrected chi connectivity index (χ0v) is 31.5. The van der Waals surface area contributed by atoms with Crippen molar-refractivity contribution in [1.29, 1.82) is 0 Å². The molecule has 3 atom stereocenters. The number of rotatable bonds is 7. The third kappa shape index (κ3) is 5.37. The van der Waals surface area contributed by atoms with Gasteiger partial charge in [0.2, 0.25) is 0 Å². The van der Waals surface area contributed by atoms with Gasteiger partial charge in [-0.2, -0.15) is 0 Å².